The van der Waals surface area contributed by atoms with E-state index >= 15 is 0 Å². The molecule has 0 amide bonds. The molecule has 114 valence electrons. The van der Waals surface area contributed by atoms with E-state index in [1.807, 2.05) is 0 Å². The summed E-state index contributed by atoms with van der Waals surface area (Å²) < 4.78 is 25.1. The third kappa shape index (κ3) is 4.45. The number of hydrogen-bond acceptors (Lipinski definition) is 3. The first-order valence-electron chi connectivity index (χ1n) is 7.80. The maximum atomic E-state index is 12.5. The highest BCUT2D eigenvalue weighted by molar-refractivity contribution is 7.92. The molecule has 0 saturated heterocycles. The maximum Gasteiger partial charge on any atom is 0.154 e. The van der Waals surface area contributed by atoms with E-state index in [-0.39, 0.29) is 16.7 Å². The van der Waals surface area contributed by atoms with Gasteiger partial charge in [0, 0.05) is 6.04 Å². The van der Waals surface area contributed by atoms with E-state index in [4.69, 9.17) is 0 Å². The van der Waals surface area contributed by atoms with Gasteiger partial charge in [-0.05, 0) is 37.6 Å². The zero-order chi connectivity index (χ0) is 14.5. The van der Waals surface area contributed by atoms with Crippen molar-refractivity contribution >= 4 is 9.84 Å². The summed E-state index contributed by atoms with van der Waals surface area (Å²) in [6, 6.07) is 0.124. The van der Waals surface area contributed by atoms with Crippen molar-refractivity contribution in [2.45, 2.75) is 77.5 Å². The average Bonchev–Trinajstić information content (AvgIpc) is 2.63. The molecule has 4 heteroatoms. The molecule has 0 aromatic rings. The normalized spacial score (nSPS) is 26.7. The minimum absolute atomic E-state index is 0.0949. The van der Waals surface area contributed by atoms with Gasteiger partial charge in [0.05, 0.1) is 11.0 Å². The molecule has 1 rings (SSSR count). The molecule has 2 unspecified atom stereocenters. The second-order valence-corrected chi connectivity index (χ2v) is 8.91. The van der Waals surface area contributed by atoms with Gasteiger partial charge >= 0.3 is 0 Å². The molecule has 0 spiro atoms. The van der Waals surface area contributed by atoms with Crippen molar-refractivity contribution in [3.8, 4) is 0 Å². The molecule has 0 heterocycles. The van der Waals surface area contributed by atoms with Crippen molar-refractivity contribution in [1.82, 2.24) is 5.32 Å². The Kier molecular flexibility index (Phi) is 6.31. The number of sulfone groups is 1. The van der Waals surface area contributed by atoms with Crippen LogP contribution in [0.3, 0.4) is 0 Å². The fourth-order valence-corrected chi connectivity index (χ4v) is 5.40. The Morgan fingerprint density at radius 3 is 2.42 bits per heavy atom. The summed E-state index contributed by atoms with van der Waals surface area (Å²) >= 11 is 0. The average molecular weight is 289 g/mol. The molecular weight excluding hydrogens is 258 g/mol. The standard InChI is InChI=1S/C15H31NO2S/c1-5-7-8-12-19(17,18)13-9-10-15(3,4)14(13)16-11-6-2/h13-14,16H,5-12H2,1-4H3. The fourth-order valence-electron chi connectivity index (χ4n) is 3.14. The topological polar surface area (TPSA) is 46.2 Å². The molecule has 0 aromatic heterocycles. The summed E-state index contributed by atoms with van der Waals surface area (Å²) in [7, 11) is -2.95. The van der Waals surface area contributed by atoms with E-state index in [0.717, 1.165) is 45.1 Å². The van der Waals surface area contributed by atoms with Gasteiger partial charge in [-0.3, -0.25) is 0 Å². The maximum absolute atomic E-state index is 12.5. The smallest absolute Gasteiger partial charge is 0.154 e. The van der Waals surface area contributed by atoms with Gasteiger partial charge in [0.1, 0.15) is 0 Å². The van der Waals surface area contributed by atoms with Gasteiger partial charge in [0.15, 0.2) is 9.84 Å². The van der Waals surface area contributed by atoms with Crippen LogP contribution in [0.4, 0.5) is 0 Å². The first kappa shape index (κ1) is 17.0. The van der Waals surface area contributed by atoms with Gasteiger partial charge in [-0.2, -0.15) is 0 Å². The minimum Gasteiger partial charge on any atom is -0.312 e. The number of hydrogen-bond donors (Lipinski definition) is 1. The van der Waals surface area contributed by atoms with Crippen LogP contribution in [-0.4, -0.2) is 32.0 Å². The van der Waals surface area contributed by atoms with Crippen molar-refractivity contribution < 1.29 is 8.42 Å². The zero-order valence-corrected chi connectivity index (χ0v) is 13.9. The third-order valence-corrected chi connectivity index (χ3v) is 6.68. The lowest BCUT2D eigenvalue weighted by Gasteiger charge is -2.31. The largest absolute Gasteiger partial charge is 0.312 e. The van der Waals surface area contributed by atoms with Crippen LogP contribution in [0.1, 0.15) is 66.2 Å². The summed E-state index contributed by atoms with van der Waals surface area (Å²) in [5.41, 5.74) is 0.0949. The van der Waals surface area contributed by atoms with Crippen LogP contribution in [-0.2, 0) is 9.84 Å². The molecular formula is C15H31NO2S. The molecule has 1 aliphatic carbocycles. The van der Waals surface area contributed by atoms with Crippen LogP contribution in [0, 0.1) is 5.41 Å². The fraction of sp³-hybridized carbons (Fsp3) is 1.00. The van der Waals surface area contributed by atoms with E-state index in [0.29, 0.717) is 5.75 Å². The van der Waals surface area contributed by atoms with Crippen LogP contribution >= 0.6 is 0 Å². The first-order valence-corrected chi connectivity index (χ1v) is 9.51. The van der Waals surface area contributed by atoms with Crippen LogP contribution in [0.2, 0.25) is 0 Å². The molecule has 19 heavy (non-hydrogen) atoms. The van der Waals surface area contributed by atoms with Gasteiger partial charge in [0.2, 0.25) is 0 Å². The molecule has 0 bridgehead atoms. The molecule has 1 saturated carbocycles. The molecule has 1 fully saturated rings. The van der Waals surface area contributed by atoms with Crippen LogP contribution < -0.4 is 5.32 Å². The Morgan fingerprint density at radius 2 is 1.84 bits per heavy atom. The van der Waals surface area contributed by atoms with E-state index in [2.05, 4.69) is 33.0 Å². The lowest BCUT2D eigenvalue weighted by Crippen LogP contribution is -2.48. The molecule has 3 nitrogen and oxygen atoms in total. The Morgan fingerprint density at radius 1 is 1.16 bits per heavy atom. The second-order valence-electron chi connectivity index (χ2n) is 6.57. The van der Waals surface area contributed by atoms with Gasteiger partial charge in [-0.15, -0.1) is 0 Å². The number of unbranched alkanes of at least 4 members (excludes halogenated alkanes) is 2. The quantitative estimate of drug-likeness (QED) is 0.698. The van der Waals surface area contributed by atoms with E-state index in [1.54, 1.807) is 0 Å². The molecule has 1 N–H and O–H groups in total. The van der Waals surface area contributed by atoms with Gasteiger partial charge in [0.25, 0.3) is 0 Å². The molecule has 0 aliphatic heterocycles. The van der Waals surface area contributed by atoms with Crippen molar-refractivity contribution in [3.05, 3.63) is 0 Å². The lowest BCUT2D eigenvalue weighted by molar-refractivity contribution is 0.285. The van der Waals surface area contributed by atoms with E-state index in [1.165, 1.54) is 0 Å². The third-order valence-electron chi connectivity index (χ3n) is 4.39. The zero-order valence-electron chi connectivity index (χ0n) is 13.0. The highest BCUT2D eigenvalue weighted by atomic mass is 32.2. The number of rotatable bonds is 8. The molecule has 0 aromatic carbocycles. The molecule has 1 aliphatic rings. The highest BCUT2D eigenvalue weighted by Crippen LogP contribution is 2.41. The van der Waals surface area contributed by atoms with Crippen LogP contribution in [0.5, 0.6) is 0 Å². The van der Waals surface area contributed by atoms with Gasteiger partial charge < -0.3 is 5.32 Å². The predicted octanol–water partition coefficient (Wildman–Crippen LogP) is 3.15. The first-order chi connectivity index (χ1) is 8.85. The van der Waals surface area contributed by atoms with Crippen molar-refractivity contribution in [1.29, 1.82) is 0 Å². The summed E-state index contributed by atoms with van der Waals surface area (Å²) in [6.07, 6.45) is 5.78. The number of nitrogens with one attached hydrogen (secondary N) is 1. The molecule has 0 radical (unpaired) electrons. The molecule has 2 atom stereocenters. The SMILES string of the molecule is CCCCCS(=O)(=O)C1CCC(C)(C)C1NCCC. The lowest BCUT2D eigenvalue weighted by atomic mass is 9.87. The van der Waals surface area contributed by atoms with E-state index < -0.39 is 9.84 Å². The Balaban J connectivity index is 2.73. The van der Waals surface area contributed by atoms with Crippen molar-refractivity contribution in [2.75, 3.05) is 12.3 Å². The van der Waals surface area contributed by atoms with Crippen LogP contribution in [0.25, 0.3) is 0 Å². The summed E-state index contributed by atoms with van der Waals surface area (Å²) in [6.45, 7) is 9.54. The van der Waals surface area contributed by atoms with Gasteiger partial charge in [-0.1, -0.05) is 40.5 Å². The van der Waals surface area contributed by atoms with E-state index in [9.17, 15) is 8.42 Å². The summed E-state index contributed by atoms with van der Waals surface area (Å²) in [4.78, 5) is 0. The summed E-state index contributed by atoms with van der Waals surface area (Å²) in [5.74, 6) is 0.367. The highest BCUT2D eigenvalue weighted by Gasteiger charge is 2.47. The monoisotopic (exact) mass is 289 g/mol. The predicted molar refractivity (Wildman–Crippen MR) is 82.2 cm³/mol. The van der Waals surface area contributed by atoms with Crippen molar-refractivity contribution in [3.63, 3.8) is 0 Å². The van der Waals surface area contributed by atoms with Gasteiger partial charge in [-0.25, -0.2) is 8.42 Å². The Hall–Kier alpha value is -0.0900. The minimum atomic E-state index is -2.95. The second kappa shape index (κ2) is 7.07. The van der Waals surface area contributed by atoms with Crippen LogP contribution in [0.15, 0.2) is 0 Å². The summed E-state index contributed by atoms with van der Waals surface area (Å²) in [5, 5.41) is 3.31. The Labute approximate surface area is 119 Å². The van der Waals surface area contributed by atoms with Crippen molar-refractivity contribution in [2.24, 2.45) is 5.41 Å². The Bertz CT molecular complexity index is 362.